The van der Waals surface area contributed by atoms with E-state index in [1.54, 1.807) is 37.7 Å². The zero-order valence-electron chi connectivity index (χ0n) is 16.4. The normalized spacial score (nSPS) is 15.8. The van der Waals surface area contributed by atoms with Gasteiger partial charge in [-0.2, -0.15) is 4.31 Å². The van der Waals surface area contributed by atoms with Crippen LogP contribution in [0.2, 0.25) is 0 Å². The maximum absolute atomic E-state index is 12.8. The van der Waals surface area contributed by atoms with Crippen LogP contribution in [0.5, 0.6) is 0 Å². The van der Waals surface area contributed by atoms with Gasteiger partial charge < -0.3 is 15.4 Å². The molecule has 9 heteroatoms. The average Bonchev–Trinajstić information content (AvgIpc) is 2.74. The minimum absolute atomic E-state index is 0.226. The number of urea groups is 1. The Morgan fingerprint density at radius 2 is 1.93 bits per heavy atom. The van der Waals surface area contributed by atoms with Gasteiger partial charge in [0.2, 0.25) is 10.0 Å². The summed E-state index contributed by atoms with van der Waals surface area (Å²) in [6, 6.07) is 9.52. The van der Waals surface area contributed by atoms with Crippen LogP contribution in [0.25, 0.3) is 0 Å². The van der Waals surface area contributed by atoms with Crippen molar-refractivity contribution in [2.45, 2.75) is 24.3 Å². The fourth-order valence-electron chi connectivity index (χ4n) is 3.27. The second-order valence-corrected chi connectivity index (χ2v) is 8.93. The van der Waals surface area contributed by atoms with E-state index in [9.17, 15) is 13.2 Å². The van der Waals surface area contributed by atoms with E-state index in [2.05, 4.69) is 15.6 Å². The molecule has 2 N–H and O–H groups in total. The SMILES string of the molecule is COCC1CCN(S(=O)(=O)c2ccc(NC(=O)NCc3cccnc3)cc2)CC1. The Kier molecular flexibility index (Phi) is 7.18. The number of methoxy groups -OCH3 is 1. The Hall–Kier alpha value is -2.49. The van der Waals surface area contributed by atoms with Crippen LogP contribution in [-0.2, 0) is 21.3 Å². The van der Waals surface area contributed by atoms with Crippen molar-refractivity contribution >= 4 is 21.7 Å². The molecule has 2 aromatic rings. The van der Waals surface area contributed by atoms with Gasteiger partial charge in [-0.1, -0.05) is 6.07 Å². The van der Waals surface area contributed by atoms with Gasteiger partial charge in [0.15, 0.2) is 0 Å². The molecule has 8 nitrogen and oxygen atoms in total. The van der Waals surface area contributed by atoms with Crippen molar-refractivity contribution in [1.82, 2.24) is 14.6 Å². The number of nitrogens with one attached hydrogen (secondary N) is 2. The summed E-state index contributed by atoms with van der Waals surface area (Å²) in [6.45, 7) is 2.00. The molecule has 0 saturated carbocycles. The Balaban J connectivity index is 1.54. The summed E-state index contributed by atoms with van der Waals surface area (Å²) in [5, 5.41) is 5.43. The number of piperidine rings is 1. The Morgan fingerprint density at radius 3 is 2.55 bits per heavy atom. The van der Waals surface area contributed by atoms with E-state index in [1.165, 1.54) is 16.4 Å². The Morgan fingerprint density at radius 1 is 1.21 bits per heavy atom. The quantitative estimate of drug-likeness (QED) is 0.719. The van der Waals surface area contributed by atoms with E-state index in [0.717, 1.165) is 18.4 Å². The van der Waals surface area contributed by atoms with Gasteiger partial charge in [-0.25, -0.2) is 13.2 Å². The summed E-state index contributed by atoms with van der Waals surface area (Å²) >= 11 is 0. The molecular formula is C20H26N4O4S. The standard InChI is InChI=1S/C20H26N4O4S/c1-28-15-16-8-11-24(12-9-16)29(26,27)19-6-4-18(5-7-19)23-20(25)22-14-17-3-2-10-21-13-17/h2-7,10,13,16H,8-9,11-12,14-15H2,1H3,(H2,22,23,25). The highest BCUT2D eigenvalue weighted by Crippen LogP contribution is 2.24. The number of hydrogen-bond acceptors (Lipinski definition) is 5. The number of rotatable bonds is 7. The highest BCUT2D eigenvalue weighted by atomic mass is 32.2. The van der Waals surface area contributed by atoms with Crippen molar-refractivity contribution in [3.05, 3.63) is 54.4 Å². The summed E-state index contributed by atoms with van der Waals surface area (Å²) < 4.78 is 32.3. The maximum atomic E-state index is 12.8. The van der Waals surface area contributed by atoms with Crippen molar-refractivity contribution in [2.75, 3.05) is 32.1 Å². The first-order chi connectivity index (χ1) is 14.0. The lowest BCUT2D eigenvalue weighted by Gasteiger charge is -2.30. The Bertz CT molecular complexity index is 896. The van der Waals surface area contributed by atoms with Gasteiger partial charge >= 0.3 is 6.03 Å². The molecule has 0 unspecified atom stereocenters. The molecule has 3 rings (SSSR count). The molecule has 0 aliphatic carbocycles. The lowest BCUT2D eigenvalue weighted by Crippen LogP contribution is -2.39. The van der Waals surface area contributed by atoms with E-state index in [-0.39, 0.29) is 10.9 Å². The number of carbonyl (C=O) groups is 1. The summed E-state index contributed by atoms with van der Waals surface area (Å²) in [7, 11) is -1.87. The lowest BCUT2D eigenvalue weighted by molar-refractivity contribution is 0.121. The van der Waals surface area contributed by atoms with E-state index >= 15 is 0 Å². The first-order valence-corrected chi connectivity index (χ1v) is 11.0. The number of sulfonamides is 1. The fraction of sp³-hybridized carbons (Fsp3) is 0.400. The van der Waals surface area contributed by atoms with Gasteiger partial charge in [-0.15, -0.1) is 0 Å². The topological polar surface area (TPSA) is 101 Å². The van der Waals surface area contributed by atoms with Crippen LogP contribution < -0.4 is 10.6 Å². The molecule has 0 atom stereocenters. The lowest BCUT2D eigenvalue weighted by atomic mass is 9.99. The summed E-state index contributed by atoms with van der Waals surface area (Å²) in [5.74, 6) is 0.406. The largest absolute Gasteiger partial charge is 0.384 e. The number of benzene rings is 1. The number of ether oxygens (including phenoxy) is 1. The number of pyridine rings is 1. The molecule has 1 aliphatic heterocycles. The van der Waals surface area contributed by atoms with Crippen molar-refractivity contribution in [1.29, 1.82) is 0 Å². The first-order valence-electron chi connectivity index (χ1n) is 9.52. The zero-order valence-corrected chi connectivity index (χ0v) is 17.2. The third kappa shape index (κ3) is 5.75. The van der Waals surface area contributed by atoms with E-state index < -0.39 is 10.0 Å². The number of nitrogens with zero attached hydrogens (tertiary/aromatic N) is 2. The van der Waals surface area contributed by atoms with Crippen molar-refractivity contribution in [2.24, 2.45) is 5.92 Å². The van der Waals surface area contributed by atoms with Crippen LogP contribution in [0, 0.1) is 5.92 Å². The molecule has 1 aromatic heterocycles. The van der Waals surface area contributed by atoms with Crippen LogP contribution in [0.3, 0.4) is 0 Å². The third-order valence-electron chi connectivity index (χ3n) is 4.90. The second-order valence-electron chi connectivity index (χ2n) is 7.00. The molecule has 156 valence electrons. The molecular weight excluding hydrogens is 392 g/mol. The van der Waals surface area contributed by atoms with Gasteiger partial charge in [0.05, 0.1) is 4.90 Å². The van der Waals surface area contributed by atoms with E-state index in [1.807, 2.05) is 6.07 Å². The van der Waals surface area contributed by atoms with E-state index in [0.29, 0.717) is 37.8 Å². The maximum Gasteiger partial charge on any atom is 0.319 e. The molecule has 1 saturated heterocycles. The highest BCUT2D eigenvalue weighted by molar-refractivity contribution is 7.89. The summed E-state index contributed by atoms with van der Waals surface area (Å²) in [5.41, 5.74) is 1.41. The van der Waals surface area contributed by atoms with Gasteiger partial charge in [-0.3, -0.25) is 4.98 Å². The molecule has 1 fully saturated rings. The Labute approximate surface area is 171 Å². The minimum Gasteiger partial charge on any atom is -0.384 e. The van der Waals surface area contributed by atoms with Crippen LogP contribution in [0.4, 0.5) is 10.5 Å². The molecule has 29 heavy (non-hydrogen) atoms. The van der Waals surface area contributed by atoms with Crippen molar-refractivity contribution in [3.63, 3.8) is 0 Å². The van der Waals surface area contributed by atoms with Gasteiger partial charge in [-0.05, 0) is 54.7 Å². The molecule has 0 spiro atoms. The smallest absolute Gasteiger partial charge is 0.319 e. The van der Waals surface area contributed by atoms with Gasteiger partial charge in [0.1, 0.15) is 0 Å². The summed E-state index contributed by atoms with van der Waals surface area (Å²) in [4.78, 5) is 16.2. The molecule has 2 heterocycles. The molecule has 2 amide bonds. The highest BCUT2D eigenvalue weighted by Gasteiger charge is 2.29. The van der Waals surface area contributed by atoms with Crippen LogP contribution in [0.1, 0.15) is 18.4 Å². The number of hydrogen-bond donors (Lipinski definition) is 2. The van der Waals surface area contributed by atoms with Crippen molar-refractivity contribution in [3.8, 4) is 0 Å². The molecule has 0 bridgehead atoms. The molecule has 1 aliphatic rings. The third-order valence-corrected chi connectivity index (χ3v) is 6.81. The predicted molar refractivity (Wildman–Crippen MR) is 110 cm³/mol. The van der Waals surface area contributed by atoms with Crippen LogP contribution in [-0.4, -0.2) is 50.5 Å². The van der Waals surface area contributed by atoms with Gasteiger partial charge in [0, 0.05) is 51.4 Å². The summed E-state index contributed by atoms with van der Waals surface area (Å²) in [6.07, 6.45) is 4.94. The molecule has 0 radical (unpaired) electrons. The number of aromatic nitrogens is 1. The average molecular weight is 419 g/mol. The number of anilines is 1. The first kappa shape index (κ1) is 21.2. The van der Waals surface area contributed by atoms with Crippen LogP contribution in [0.15, 0.2) is 53.7 Å². The monoisotopic (exact) mass is 418 g/mol. The van der Waals surface area contributed by atoms with Gasteiger partial charge in [0.25, 0.3) is 0 Å². The van der Waals surface area contributed by atoms with Crippen molar-refractivity contribution < 1.29 is 17.9 Å². The second kappa shape index (κ2) is 9.82. The minimum atomic E-state index is -3.53. The predicted octanol–water partition coefficient (Wildman–Crippen LogP) is 2.45. The fourth-order valence-corrected chi connectivity index (χ4v) is 4.74. The number of amides is 2. The zero-order chi connectivity index (χ0) is 20.7. The number of carbonyl (C=O) groups excluding carboxylic acids is 1. The van der Waals surface area contributed by atoms with Crippen LogP contribution >= 0.6 is 0 Å². The molecule has 1 aromatic carbocycles. The van der Waals surface area contributed by atoms with E-state index in [4.69, 9.17) is 4.74 Å².